The zero-order valence-corrected chi connectivity index (χ0v) is 19.7. The predicted molar refractivity (Wildman–Crippen MR) is 125 cm³/mol. The third-order valence-electron chi connectivity index (χ3n) is 8.74. The normalized spacial score (nSPS) is 39.2. The minimum absolute atomic E-state index is 0.0910. The Labute approximate surface area is 198 Å². The molecule has 5 aliphatic carbocycles. The fourth-order valence-corrected chi connectivity index (χ4v) is 8.28. The first-order valence-electron chi connectivity index (χ1n) is 12.5. The van der Waals surface area contributed by atoms with Gasteiger partial charge in [-0.05, 0) is 69.1 Å². The molecule has 1 aromatic rings. The van der Waals surface area contributed by atoms with Gasteiger partial charge in [-0.1, -0.05) is 18.2 Å². The van der Waals surface area contributed by atoms with Gasteiger partial charge in [0, 0.05) is 36.4 Å². The van der Waals surface area contributed by atoms with Gasteiger partial charge >= 0.3 is 0 Å². The van der Waals surface area contributed by atoms with E-state index in [4.69, 9.17) is 4.98 Å². The number of rotatable bonds is 5. The van der Waals surface area contributed by atoms with Crippen LogP contribution in [0.2, 0.25) is 0 Å². The molecule has 1 aromatic heterocycles. The molecule has 33 heavy (non-hydrogen) atoms. The Morgan fingerprint density at radius 1 is 1.06 bits per heavy atom. The number of hydrogen-bond acceptors (Lipinski definition) is 8. The number of anilines is 1. The summed E-state index contributed by atoms with van der Waals surface area (Å²) < 4.78 is 0. The molecule has 3 atom stereocenters. The van der Waals surface area contributed by atoms with Crippen molar-refractivity contribution < 1.29 is 20.1 Å². The topological polar surface area (TPSA) is 128 Å². The number of nitrogens with zero attached hydrogens (tertiary/aromatic N) is 2. The minimum Gasteiger partial charge on any atom is -0.390 e. The number of thioether (sulfide) groups is 1. The van der Waals surface area contributed by atoms with Crippen LogP contribution in [-0.4, -0.2) is 59.8 Å². The summed E-state index contributed by atoms with van der Waals surface area (Å²) in [6.45, 7) is 0. The van der Waals surface area contributed by atoms with Crippen LogP contribution in [0.3, 0.4) is 0 Å². The van der Waals surface area contributed by atoms with Crippen molar-refractivity contribution >= 4 is 23.6 Å². The van der Waals surface area contributed by atoms with E-state index in [-0.39, 0.29) is 30.3 Å². The van der Waals surface area contributed by atoms with Crippen LogP contribution in [0.4, 0.5) is 5.95 Å². The molecule has 8 nitrogen and oxygen atoms in total. The van der Waals surface area contributed by atoms with Crippen molar-refractivity contribution in [2.45, 2.75) is 92.9 Å². The van der Waals surface area contributed by atoms with Crippen LogP contribution in [0.5, 0.6) is 0 Å². The fourth-order valence-electron chi connectivity index (χ4n) is 7.23. The number of nitrogens with one attached hydrogen (secondary N) is 2. The van der Waals surface area contributed by atoms with Crippen LogP contribution in [0, 0.1) is 17.8 Å². The van der Waals surface area contributed by atoms with Gasteiger partial charge < -0.3 is 26.0 Å². The maximum absolute atomic E-state index is 13.4. The summed E-state index contributed by atoms with van der Waals surface area (Å²) in [5, 5.41) is 35.6. The molecule has 180 valence electrons. The molecule has 2 heterocycles. The quantitative estimate of drug-likeness (QED) is 0.412. The standard InChI is InChI=1S/C24H34N4O4S/c29-21(27-19-15-6-13-7-16(19)10-23(30,8-13)9-15)18-12-25-22(28-20(18)14-2-1-3-14)26-17-4-5-33-24(31,32)11-17/h12-17,19,30-32H,1-11H2,(H,27,29)(H,25,26,28). The Morgan fingerprint density at radius 3 is 2.45 bits per heavy atom. The van der Waals surface area contributed by atoms with Gasteiger partial charge in [-0.25, -0.2) is 9.97 Å². The van der Waals surface area contributed by atoms with Crippen molar-refractivity contribution in [3.8, 4) is 0 Å². The van der Waals surface area contributed by atoms with E-state index in [2.05, 4.69) is 15.6 Å². The Hall–Kier alpha value is -1.42. The Kier molecular flexibility index (Phi) is 5.40. The number of carbonyl (C=O) groups excluding carboxylic acids is 1. The van der Waals surface area contributed by atoms with Gasteiger partial charge in [0.2, 0.25) is 11.1 Å². The molecule has 1 amide bonds. The van der Waals surface area contributed by atoms with Crippen LogP contribution in [0.25, 0.3) is 0 Å². The number of amides is 1. The largest absolute Gasteiger partial charge is 0.390 e. The highest BCUT2D eigenvalue weighted by Gasteiger charge is 2.55. The van der Waals surface area contributed by atoms with Crippen molar-refractivity contribution in [3.63, 3.8) is 0 Å². The fraction of sp³-hybridized carbons (Fsp3) is 0.792. The first-order valence-corrected chi connectivity index (χ1v) is 13.5. The molecule has 6 aliphatic rings. The van der Waals surface area contributed by atoms with Crippen LogP contribution >= 0.6 is 11.8 Å². The van der Waals surface area contributed by atoms with E-state index in [9.17, 15) is 20.1 Å². The van der Waals surface area contributed by atoms with E-state index >= 15 is 0 Å². The lowest BCUT2D eigenvalue weighted by Gasteiger charge is -2.58. The third-order valence-corrected chi connectivity index (χ3v) is 9.81. The number of aromatic nitrogens is 2. The lowest BCUT2D eigenvalue weighted by Crippen LogP contribution is -2.61. The molecular weight excluding hydrogens is 440 g/mol. The number of carbonyl (C=O) groups is 1. The van der Waals surface area contributed by atoms with E-state index in [1.165, 1.54) is 0 Å². The first kappa shape index (κ1) is 22.1. The molecule has 1 saturated heterocycles. The highest BCUT2D eigenvalue weighted by Crippen LogP contribution is 2.55. The van der Waals surface area contributed by atoms with Crippen LogP contribution in [0.15, 0.2) is 6.20 Å². The number of aliphatic hydroxyl groups is 3. The molecule has 4 bridgehead atoms. The molecule has 5 N–H and O–H groups in total. The van der Waals surface area contributed by atoms with Crippen molar-refractivity contribution in [3.05, 3.63) is 17.5 Å². The van der Waals surface area contributed by atoms with Crippen molar-refractivity contribution in [1.29, 1.82) is 0 Å². The average molecular weight is 475 g/mol. The summed E-state index contributed by atoms with van der Waals surface area (Å²) in [7, 11) is 0. The van der Waals surface area contributed by atoms with E-state index < -0.39 is 10.7 Å². The Balaban J connectivity index is 1.19. The zero-order chi connectivity index (χ0) is 22.8. The van der Waals surface area contributed by atoms with Crippen LogP contribution in [-0.2, 0) is 0 Å². The highest BCUT2D eigenvalue weighted by molar-refractivity contribution is 8.00. The average Bonchev–Trinajstić information content (AvgIpc) is 2.67. The summed E-state index contributed by atoms with van der Waals surface area (Å²) >= 11 is 1.15. The van der Waals surface area contributed by atoms with Crippen molar-refractivity contribution in [1.82, 2.24) is 15.3 Å². The van der Waals surface area contributed by atoms with Gasteiger partial charge in [-0.15, -0.1) is 0 Å². The van der Waals surface area contributed by atoms with Gasteiger partial charge in [0.25, 0.3) is 5.91 Å². The summed E-state index contributed by atoms with van der Waals surface area (Å²) in [5.41, 5.74) is 0.864. The predicted octanol–water partition coefficient (Wildman–Crippen LogP) is 2.36. The maximum atomic E-state index is 13.4. The van der Waals surface area contributed by atoms with E-state index in [1.54, 1.807) is 6.20 Å². The van der Waals surface area contributed by atoms with Gasteiger partial charge in [0.15, 0.2) is 0 Å². The summed E-state index contributed by atoms with van der Waals surface area (Å²) in [6.07, 6.45) is 10.6. The van der Waals surface area contributed by atoms with E-state index in [1.807, 2.05) is 0 Å². The summed E-state index contributed by atoms with van der Waals surface area (Å²) in [5.74, 6) is 2.62. The SMILES string of the molecule is O=C(NC1C2CC3CC1CC(O)(C3)C2)c1cnc(NC2CCSC(O)(O)C2)nc1C1CCC1. The molecule has 1 aliphatic heterocycles. The summed E-state index contributed by atoms with van der Waals surface area (Å²) in [6, 6.07) is 0.0114. The summed E-state index contributed by atoms with van der Waals surface area (Å²) in [4.78, 5) is 22.6. The second kappa shape index (κ2) is 8.07. The second-order valence-electron chi connectivity index (χ2n) is 11.2. The van der Waals surface area contributed by atoms with Gasteiger partial charge in [-0.2, -0.15) is 0 Å². The van der Waals surface area contributed by atoms with Crippen LogP contribution < -0.4 is 10.6 Å². The van der Waals surface area contributed by atoms with Crippen molar-refractivity contribution in [2.24, 2.45) is 17.8 Å². The zero-order valence-electron chi connectivity index (χ0n) is 18.9. The lowest BCUT2D eigenvalue weighted by molar-refractivity contribution is -0.136. The molecule has 0 radical (unpaired) electrons. The molecule has 5 saturated carbocycles. The molecule has 0 aromatic carbocycles. The molecule has 3 unspecified atom stereocenters. The monoisotopic (exact) mass is 474 g/mol. The highest BCUT2D eigenvalue weighted by atomic mass is 32.2. The van der Waals surface area contributed by atoms with Crippen LogP contribution in [0.1, 0.15) is 86.2 Å². The van der Waals surface area contributed by atoms with Gasteiger partial charge in [0.1, 0.15) is 0 Å². The van der Waals surface area contributed by atoms with Crippen molar-refractivity contribution in [2.75, 3.05) is 11.1 Å². The smallest absolute Gasteiger partial charge is 0.254 e. The van der Waals surface area contributed by atoms with E-state index in [0.717, 1.165) is 75.2 Å². The Morgan fingerprint density at radius 2 is 1.82 bits per heavy atom. The minimum atomic E-state index is -1.72. The molecule has 0 spiro atoms. The number of hydrogen-bond donors (Lipinski definition) is 5. The molecule has 6 fully saturated rings. The second-order valence-corrected chi connectivity index (χ2v) is 12.6. The molecule has 7 rings (SSSR count). The molecular formula is C24H34N4O4S. The first-order chi connectivity index (χ1) is 15.8. The maximum Gasteiger partial charge on any atom is 0.254 e. The van der Waals surface area contributed by atoms with Gasteiger partial charge in [0.05, 0.1) is 16.9 Å². The lowest BCUT2D eigenvalue weighted by atomic mass is 9.52. The Bertz CT molecular complexity index is 923. The van der Waals surface area contributed by atoms with Gasteiger partial charge in [-0.3, -0.25) is 4.79 Å². The van der Waals surface area contributed by atoms with E-state index in [0.29, 0.717) is 35.0 Å². The third kappa shape index (κ3) is 4.26. The molecule has 9 heteroatoms.